The lowest BCUT2D eigenvalue weighted by Gasteiger charge is -2.36. The summed E-state index contributed by atoms with van der Waals surface area (Å²) in [5, 5.41) is 0. The Hall–Kier alpha value is -0.650. The number of hydrogen-bond acceptors (Lipinski definition) is 4. The van der Waals surface area contributed by atoms with E-state index in [0.29, 0.717) is 13.2 Å². The van der Waals surface area contributed by atoms with Gasteiger partial charge in [0.2, 0.25) is 5.91 Å². The molecule has 0 N–H and O–H groups in total. The molecule has 0 unspecified atom stereocenters. The molecule has 1 aliphatic carbocycles. The molecule has 1 saturated carbocycles. The van der Waals surface area contributed by atoms with Crippen molar-refractivity contribution >= 4 is 5.91 Å². The van der Waals surface area contributed by atoms with E-state index >= 15 is 0 Å². The van der Waals surface area contributed by atoms with Gasteiger partial charge in [-0.25, -0.2) is 0 Å². The lowest BCUT2D eigenvalue weighted by Crippen LogP contribution is -2.51. The van der Waals surface area contributed by atoms with Crippen LogP contribution in [-0.2, 0) is 14.3 Å². The molecule has 0 aromatic carbocycles. The van der Waals surface area contributed by atoms with E-state index in [9.17, 15) is 4.79 Å². The number of carbonyl (C=O) groups excluding carboxylic acids is 1. The summed E-state index contributed by atoms with van der Waals surface area (Å²) < 4.78 is 11.2. The van der Waals surface area contributed by atoms with Crippen LogP contribution in [0.4, 0.5) is 0 Å². The van der Waals surface area contributed by atoms with Gasteiger partial charge in [-0.1, -0.05) is 0 Å². The average Bonchev–Trinajstić information content (AvgIpc) is 3.08. The van der Waals surface area contributed by atoms with E-state index in [1.807, 2.05) is 4.90 Å². The van der Waals surface area contributed by atoms with Crippen LogP contribution in [0.15, 0.2) is 0 Å². The SMILES string of the molecule is CN(CC1CC1)C[C@H]1CN(C(=O)[C@@H]2CCOC2)CCO1. The third kappa shape index (κ3) is 3.71. The lowest BCUT2D eigenvalue weighted by atomic mass is 10.1. The summed E-state index contributed by atoms with van der Waals surface area (Å²) in [6, 6.07) is 0. The number of carbonyl (C=O) groups is 1. The molecule has 3 aliphatic rings. The van der Waals surface area contributed by atoms with Crippen molar-refractivity contribution < 1.29 is 14.3 Å². The van der Waals surface area contributed by atoms with Crippen molar-refractivity contribution in [3.8, 4) is 0 Å². The van der Waals surface area contributed by atoms with Gasteiger partial charge in [0.25, 0.3) is 0 Å². The van der Waals surface area contributed by atoms with Gasteiger partial charge >= 0.3 is 0 Å². The van der Waals surface area contributed by atoms with Crippen molar-refractivity contribution in [3.05, 3.63) is 0 Å². The van der Waals surface area contributed by atoms with E-state index < -0.39 is 0 Å². The fourth-order valence-corrected chi connectivity index (χ4v) is 3.18. The summed E-state index contributed by atoms with van der Waals surface area (Å²) >= 11 is 0. The molecule has 20 heavy (non-hydrogen) atoms. The molecule has 0 aromatic rings. The highest BCUT2D eigenvalue weighted by molar-refractivity contribution is 5.79. The first-order valence-corrected chi connectivity index (χ1v) is 7.89. The Labute approximate surface area is 121 Å². The molecule has 0 radical (unpaired) electrons. The number of rotatable bonds is 5. The Balaban J connectivity index is 1.46. The molecule has 3 fully saturated rings. The monoisotopic (exact) mass is 282 g/mol. The van der Waals surface area contributed by atoms with Gasteiger partial charge in [0.15, 0.2) is 0 Å². The smallest absolute Gasteiger partial charge is 0.228 e. The summed E-state index contributed by atoms with van der Waals surface area (Å²) in [4.78, 5) is 16.7. The standard InChI is InChI=1S/C15H26N2O3/c1-16(8-12-2-3-12)9-14-10-17(5-7-20-14)15(18)13-4-6-19-11-13/h12-14H,2-11H2,1H3/t13-,14+/m1/s1. The highest BCUT2D eigenvalue weighted by atomic mass is 16.5. The van der Waals surface area contributed by atoms with Crippen LogP contribution < -0.4 is 0 Å². The van der Waals surface area contributed by atoms with E-state index in [0.717, 1.165) is 38.6 Å². The largest absolute Gasteiger partial charge is 0.381 e. The van der Waals surface area contributed by atoms with Gasteiger partial charge in [0.05, 0.1) is 25.2 Å². The molecular weight excluding hydrogens is 256 g/mol. The zero-order chi connectivity index (χ0) is 13.9. The molecule has 0 bridgehead atoms. The number of hydrogen-bond donors (Lipinski definition) is 0. The van der Waals surface area contributed by atoms with E-state index in [4.69, 9.17) is 9.47 Å². The Morgan fingerprint density at radius 1 is 1.25 bits per heavy atom. The summed E-state index contributed by atoms with van der Waals surface area (Å²) in [6.07, 6.45) is 3.80. The first-order valence-electron chi connectivity index (χ1n) is 7.89. The van der Waals surface area contributed by atoms with Crippen LogP contribution in [0.25, 0.3) is 0 Å². The van der Waals surface area contributed by atoms with Gasteiger partial charge in [0.1, 0.15) is 0 Å². The van der Waals surface area contributed by atoms with Crippen molar-refractivity contribution in [2.45, 2.75) is 25.4 Å². The van der Waals surface area contributed by atoms with Gasteiger partial charge in [-0.05, 0) is 32.2 Å². The van der Waals surface area contributed by atoms with Gasteiger partial charge in [-0.3, -0.25) is 4.79 Å². The minimum atomic E-state index is 0.0814. The zero-order valence-electron chi connectivity index (χ0n) is 12.4. The van der Waals surface area contributed by atoms with Crippen molar-refractivity contribution in [1.29, 1.82) is 0 Å². The maximum Gasteiger partial charge on any atom is 0.228 e. The normalized spacial score (nSPS) is 31.0. The Bertz CT molecular complexity index is 340. The molecule has 0 aromatic heterocycles. The first-order chi connectivity index (χ1) is 9.72. The summed E-state index contributed by atoms with van der Waals surface area (Å²) in [6.45, 7) is 5.58. The second-order valence-electron chi connectivity index (χ2n) is 6.50. The fourth-order valence-electron chi connectivity index (χ4n) is 3.18. The molecule has 2 heterocycles. The maximum absolute atomic E-state index is 12.4. The van der Waals surface area contributed by atoms with E-state index in [2.05, 4.69) is 11.9 Å². The van der Waals surface area contributed by atoms with Gasteiger partial charge in [0, 0.05) is 32.8 Å². The number of ether oxygens (including phenoxy) is 2. The second-order valence-corrected chi connectivity index (χ2v) is 6.50. The fraction of sp³-hybridized carbons (Fsp3) is 0.933. The Morgan fingerprint density at radius 3 is 2.80 bits per heavy atom. The van der Waals surface area contributed by atoms with Crippen LogP contribution in [0.5, 0.6) is 0 Å². The Kier molecular flexibility index (Phi) is 4.58. The van der Waals surface area contributed by atoms with Crippen molar-refractivity contribution in [2.75, 3.05) is 53.0 Å². The molecular formula is C15H26N2O3. The lowest BCUT2D eigenvalue weighted by molar-refractivity contribution is -0.143. The summed E-state index contributed by atoms with van der Waals surface area (Å²) in [7, 11) is 2.16. The third-order valence-electron chi connectivity index (χ3n) is 4.51. The van der Waals surface area contributed by atoms with E-state index in [1.165, 1.54) is 19.4 Å². The van der Waals surface area contributed by atoms with Crippen LogP contribution in [-0.4, -0.2) is 74.9 Å². The maximum atomic E-state index is 12.4. The molecule has 2 aliphatic heterocycles. The van der Waals surface area contributed by atoms with Crippen LogP contribution in [0.2, 0.25) is 0 Å². The van der Waals surface area contributed by atoms with Crippen molar-refractivity contribution in [2.24, 2.45) is 11.8 Å². The molecule has 114 valence electrons. The third-order valence-corrected chi connectivity index (χ3v) is 4.51. The highest BCUT2D eigenvalue weighted by Crippen LogP contribution is 2.29. The van der Waals surface area contributed by atoms with Crippen LogP contribution in [0, 0.1) is 11.8 Å². The van der Waals surface area contributed by atoms with Crippen LogP contribution in [0.3, 0.4) is 0 Å². The average molecular weight is 282 g/mol. The van der Waals surface area contributed by atoms with Crippen LogP contribution >= 0.6 is 0 Å². The van der Waals surface area contributed by atoms with E-state index in [-0.39, 0.29) is 17.9 Å². The number of amides is 1. The van der Waals surface area contributed by atoms with Crippen LogP contribution in [0.1, 0.15) is 19.3 Å². The summed E-state index contributed by atoms with van der Waals surface area (Å²) in [5.41, 5.74) is 0. The van der Waals surface area contributed by atoms with Gasteiger partial charge < -0.3 is 19.3 Å². The molecule has 5 heteroatoms. The molecule has 5 nitrogen and oxygen atoms in total. The predicted octanol–water partition coefficient (Wildman–Crippen LogP) is 0.592. The Morgan fingerprint density at radius 2 is 2.10 bits per heavy atom. The van der Waals surface area contributed by atoms with Crippen molar-refractivity contribution in [3.63, 3.8) is 0 Å². The first kappa shape index (κ1) is 14.3. The predicted molar refractivity (Wildman–Crippen MR) is 75.5 cm³/mol. The number of morpholine rings is 1. The zero-order valence-corrected chi connectivity index (χ0v) is 12.4. The van der Waals surface area contributed by atoms with Gasteiger partial charge in [-0.15, -0.1) is 0 Å². The quantitative estimate of drug-likeness (QED) is 0.740. The highest BCUT2D eigenvalue weighted by Gasteiger charge is 2.32. The molecule has 2 atom stereocenters. The summed E-state index contributed by atoms with van der Waals surface area (Å²) in [5.74, 6) is 1.25. The topological polar surface area (TPSA) is 42.0 Å². The van der Waals surface area contributed by atoms with E-state index in [1.54, 1.807) is 0 Å². The molecule has 1 amide bonds. The minimum Gasteiger partial charge on any atom is -0.381 e. The van der Waals surface area contributed by atoms with Crippen molar-refractivity contribution in [1.82, 2.24) is 9.80 Å². The number of likely N-dealkylation sites (N-methyl/N-ethyl adjacent to an activating group) is 1. The molecule has 2 saturated heterocycles. The molecule has 0 spiro atoms. The minimum absolute atomic E-state index is 0.0814. The van der Waals surface area contributed by atoms with Gasteiger partial charge in [-0.2, -0.15) is 0 Å². The molecule has 3 rings (SSSR count). The number of nitrogens with zero attached hydrogens (tertiary/aromatic N) is 2. The second kappa shape index (κ2) is 6.41.